The summed E-state index contributed by atoms with van der Waals surface area (Å²) < 4.78 is 5.45. The highest BCUT2D eigenvalue weighted by atomic mass is 35.5. The molecule has 0 saturated heterocycles. The van der Waals surface area contributed by atoms with Gasteiger partial charge < -0.3 is 25.9 Å². The minimum Gasteiger partial charge on any atom is -0.358 e. The molecule has 0 spiro atoms. The highest BCUT2D eigenvalue weighted by molar-refractivity contribution is 6.31. The van der Waals surface area contributed by atoms with Crippen LogP contribution in [0.15, 0.2) is 66.0 Å². The number of allylic oxidation sites excluding steroid dienone is 2. The molecule has 0 radical (unpaired) electrons. The number of likely N-dealkylation sites (N-methyl/N-ethyl adjacent to an activating group) is 1. The van der Waals surface area contributed by atoms with Crippen molar-refractivity contribution in [1.29, 1.82) is 0 Å². The number of nitrogens with two attached hydrogens (primary N) is 2. The molecular weight excluding hydrogens is 535 g/mol. The third kappa shape index (κ3) is 5.19. The summed E-state index contributed by atoms with van der Waals surface area (Å²) in [6.07, 6.45) is 8.51. The molecule has 1 saturated carbocycles. The Hall–Kier alpha value is -2.55. The van der Waals surface area contributed by atoms with Crippen LogP contribution in [0.1, 0.15) is 54.7 Å². The van der Waals surface area contributed by atoms with E-state index >= 15 is 0 Å². The van der Waals surface area contributed by atoms with Crippen molar-refractivity contribution < 1.29 is 9.53 Å². The van der Waals surface area contributed by atoms with Crippen LogP contribution in [0.5, 0.6) is 0 Å². The number of nitroso groups, excluding NO2 is 1. The van der Waals surface area contributed by atoms with Crippen molar-refractivity contribution in [2.45, 2.75) is 55.8 Å². The Labute approximate surface area is 240 Å². The zero-order chi connectivity index (χ0) is 28.4. The van der Waals surface area contributed by atoms with Crippen LogP contribution in [-0.4, -0.2) is 49.7 Å². The maximum Gasteiger partial charge on any atom is 0.148 e. The second kappa shape index (κ2) is 11.9. The van der Waals surface area contributed by atoms with Crippen LogP contribution in [0.3, 0.4) is 0 Å². The van der Waals surface area contributed by atoms with Crippen LogP contribution in [0, 0.1) is 10.3 Å². The van der Waals surface area contributed by atoms with Gasteiger partial charge in [0, 0.05) is 47.8 Å². The Kier molecular flexibility index (Phi) is 8.98. The SMILES string of the molecule is CC[C@@]1(C=O)CCC(c2ccc(C3=CN(C)C(OC)C=C3)cc2Cl)C(c2ccc(Cl)cc2)C1(N)C(N)CN=O. The molecule has 1 fully saturated rings. The van der Waals surface area contributed by atoms with Gasteiger partial charge in [0.1, 0.15) is 12.5 Å². The molecule has 39 heavy (non-hydrogen) atoms. The molecule has 2 aromatic carbocycles. The lowest BCUT2D eigenvalue weighted by Crippen LogP contribution is -2.72. The van der Waals surface area contributed by atoms with Crippen LogP contribution in [-0.2, 0) is 9.53 Å². The molecule has 0 amide bonds. The van der Waals surface area contributed by atoms with Crippen molar-refractivity contribution in [2.75, 3.05) is 20.7 Å². The summed E-state index contributed by atoms with van der Waals surface area (Å²) in [6.45, 7) is 1.74. The van der Waals surface area contributed by atoms with E-state index in [-0.39, 0.29) is 18.7 Å². The molecule has 208 valence electrons. The number of methoxy groups -OCH3 is 1. The summed E-state index contributed by atoms with van der Waals surface area (Å²) in [5, 5.41) is 4.27. The molecule has 2 aliphatic rings. The van der Waals surface area contributed by atoms with Crippen molar-refractivity contribution in [1.82, 2.24) is 4.90 Å². The Morgan fingerprint density at radius 2 is 1.95 bits per heavy atom. The smallest absolute Gasteiger partial charge is 0.148 e. The van der Waals surface area contributed by atoms with Gasteiger partial charge in [-0.05, 0) is 71.7 Å². The lowest BCUT2D eigenvalue weighted by molar-refractivity contribution is -0.125. The number of carbonyl (C=O) groups is 1. The molecule has 1 heterocycles. The van der Waals surface area contributed by atoms with Gasteiger partial charge >= 0.3 is 0 Å². The molecule has 4 N–H and O–H groups in total. The lowest BCUT2D eigenvalue weighted by Gasteiger charge is -2.58. The van der Waals surface area contributed by atoms with Gasteiger partial charge in [0.2, 0.25) is 0 Å². The zero-order valence-corrected chi connectivity index (χ0v) is 24.0. The Balaban J connectivity index is 1.84. The third-order valence-electron chi connectivity index (χ3n) is 8.81. The number of nitrogens with zero attached hydrogens (tertiary/aromatic N) is 2. The van der Waals surface area contributed by atoms with E-state index in [1.54, 1.807) is 19.2 Å². The van der Waals surface area contributed by atoms with Crippen molar-refractivity contribution >= 4 is 35.1 Å². The van der Waals surface area contributed by atoms with Crippen LogP contribution in [0.4, 0.5) is 0 Å². The van der Waals surface area contributed by atoms with E-state index < -0.39 is 22.9 Å². The molecule has 0 aromatic heterocycles. The number of benzene rings is 2. The number of hydrogen-bond donors (Lipinski definition) is 2. The molecule has 0 bridgehead atoms. The summed E-state index contributed by atoms with van der Waals surface area (Å²) in [7, 11) is 3.63. The van der Waals surface area contributed by atoms with E-state index in [9.17, 15) is 9.70 Å². The first-order valence-corrected chi connectivity index (χ1v) is 13.9. The predicted molar refractivity (Wildman–Crippen MR) is 158 cm³/mol. The predicted octanol–water partition coefficient (Wildman–Crippen LogP) is 5.86. The molecule has 6 atom stereocenters. The lowest BCUT2D eigenvalue weighted by atomic mass is 9.49. The molecule has 1 aliphatic heterocycles. The maximum absolute atomic E-state index is 12.8. The molecular formula is C30H36Cl2N4O3. The van der Waals surface area contributed by atoms with Crippen molar-refractivity contribution in [3.8, 4) is 0 Å². The van der Waals surface area contributed by atoms with Crippen molar-refractivity contribution in [2.24, 2.45) is 22.1 Å². The Morgan fingerprint density at radius 1 is 1.23 bits per heavy atom. The summed E-state index contributed by atoms with van der Waals surface area (Å²) in [5.41, 5.74) is 15.5. The largest absolute Gasteiger partial charge is 0.358 e. The van der Waals surface area contributed by atoms with Crippen LogP contribution in [0.25, 0.3) is 5.57 Å². The fourth-order valence-electron chi connectivity index (χ4n) is 6.59. The number of ether oxygens (including phenoxy) is 1. The van der Waals surface area contributed by atoms with Gasteiger partial charge in [-0.1, -0.05) is 65.6 Å². The highest BCUT2D eigenvalue weighted by Gasteiger charge is 2.61. The average Bonchev–Trinajstić information content (AvgIpc) is 2.94. The number of carbonyl (C=O) groups excluding carboxylic acids is 1. The number of hydrogen-bond acceptors (Lipinski definition) is 7. The van der Waals surface area contributed by atoms with E-state index in [4.69, 9.17) is 39.4 Å². The van der Waals surface area contributed by atoms with Crippen LogP contribution in [0.2, 0.25) is 10.0 Å². The summed E-state index contributed by atoms with van der Waals surface area (Å²) in [6, 6.07) is 12.6. The normalized spacial score (nSPS) is 29.6. The molecule has 9 heteroatoms. The fraction of sp³-hybridized carbons (Fsp3) is 0.433. The van der Waals surface area contributed by atoms with E-state index in [0.717, 1.165) is 28.5 Å². The monoisotopic (exact) mass is 570 g/mol. The van der Waals surface area contributed by atoms with Gasteiger partial charge in [-0.25, -0.2) is 0 Å². The molecule has 1 aliphatic carbocycles. The number of rotatable bonds is 9. The van der Waals surface area contributed by atoms with E-state index in [1.807, 2.05) is 67.6 Å². The highest BCUT2D eigenvalue weighted by Crippen LogP contribution is 2.58. The maximum atomic E-state index is 12.8. The summed E-state index contributed by atoms with van der Waals surface area (Å²) >= 11 is 13.2. The first-order valence-electron chi connectivity index (χ1n) is 13.2. The van der Waals surface area contributed by atoms with Crippen LogP contribution >= 0.6 is 23.2 Å². The summed E-state index contributed by atoms with van der Waals surface area (Å²) in [5.74, 6) is -0.581. The van der Waals surface area contributed by atoms with Gasteiger partial charge in [0.15, 0.2) is 0 Å². The number of halogens is 2. The second-order valence-corrected chi connectivity index (χ2v) is 11.5. The standard InChI is InChI=1S/C30H36Cl2N4O3/c1-4-29(18-37)14-13-24(28(19-5-9-22(31)10-6-19)30(29,34)26(33)16-35-38)23-11-7-20(15-25(23)32)21-8-12-27(39-3)36(2)17-21/h5-12,15,17-18,24,26-28H,4,13-14,16,33-34H2,1-3H3/t24?,26?,27?,28?,29-,30?/m0/s1. The van der Waals surface area contributed by atoms with Gasteiger partial charge in [0.25, 0.3) is 0 Å². The van der Waals surface area contributed by atoms with Crippen molar-refractivity contribution in [3.05, 3.63) is 92.5 Å². The molecule has 5 unspecified atom stereocenters. The molecule has 2 aromatic rings. The van der Waals surface area contributed by atoms with Gasteiger partial charge in [-0.15, -0.1) is 0 Å². The van der Waals surface area contributed by atoms with E-state index in [1.165, 1.54) is 0 Å². The first-order chi connectivity index (χ1) is 18.6. The summed E-state index contributed by atoms with van der Waals surface area (Å²) in [4.78, 5) is 26.1. The van der Waals surface area contributed by atoms with Gasteiger partial charge in [-0.3, -0.25) is 0 Å². The van der Waals surface area contributed by atoms with Crippen molar-refractivity contribution in [3.63, 3.8) is 0 Å². The quantitative estimate of drug-likeness (QED) is 0.288. The van der Waals surface area contributed by atoms with Gasteiger partial charge in [0.05, 0.1) is 12.1 Å². The average molecular weight is 572 g/mol. The van der Waals surface area contributed by atoms with E-state index in [2.05, 4.69) is 5.18 Å². The Morgan fingerprint density at radius 3 is 2.51 bits per heavy atom. The van der Waals surface area contributed by atoms with Crippen LogP contribution < -0.4 is 11.5 Å². The number of aldehydes is 1. The minimum absolute atomic E-state index is 0.120. The molecule has 7 nitrogen and oxygen atoms in total. The van der Waals surface area contributed by atoms with Gasteiger partial charge in [-0.2, -0.15) is 4.91 Å². The second-order valence-electron chi connectivity index (χ2n) is 10.6. The first kappa shape index (κ1) is 29.4. The minimum atomic E-state index is -1.26. The fourth-order valence-corrected chi connectivity index (χ4v) is 7.04. The van der Waals surface area contributed by atoms with E-state index in [0.29, 0.717) is 29.3 Å². The molecule has 4 rings (SSSR count). The Bertz CT molecular complexity index is 1270. The third-order valence-corrected chi connectivity index (χ3v) is 9.39. The topological polar surface area (TPSA) is 111 Å². The zero-order valence-electron chi connectivity index (χ0n) is 22.5.